The number of nitrogens with one attached hydrogen (secondary N) is 1. The standard InChI is InChI=1S/C14H22N2OS/c1-2-8-17-13-7-3-6-12(14(13)15)16-10-11-5-4-9-18-11/h3,6-7,11,16H,2,4-5,8-10,15H2,1H3. The summed E-state index contributed by atoms with van der Waals surface area (Å²) in [5.74, 6) is 2.09. The smallest absolute Gasteiger partial charge is 0.144 e. The van der Waals surface area contributed by atoms with Gasteiger partial charge in [0.05, 0.1) is 18.0 Å². The molecule has 2 rings (SSSR count). The Hall–Kier alpha value is -1.03. The quantitative estimate of drug-likeness (QED) is 0.775. The Morgan fingerprint density at radius 1 is 1.50 bits per heavy atom. The van der Waals surface area contributed by atoms with E-state index in [1.165, 1.54) is 18.6 Å². The van der Waals surface area contributed by atoms with Crippen LogP contribution in [0.25, 0.3) is 0 Å². The zero-order valence-electron chi connectivity index (χ0n) is 10.9. The van der Waals surface area contributed by atoms with E-state index in [1.807, 2.05) is 18.2 Å². The van der Waals surface area contributed by atoms with E-state index in [2.05, 4.69) is 24.0 Å². The summed E-state index contributed by atoms with van der Waals surface area (Å²) < 4.78 is 5.63. The molecule has 1 saturated heterocycles. The van der Waals surface area contributed by atoms with Crippen LogP contribution in [0.4, 0.5) is 11.4 Å². The first kappa shape index (κ1) is 13.4. The van der Waals surface area contributed by atoms with Crippen LogP contribution in [0, 0.1) is 0 Å². The minimum atomic E-state index is 0.714. The molecule has 0 saturated carbocycles. The van der Waals surface area contributed by atoms with Gasteiger partial charge in [0.15, 0.2) is 0 Å². The first-order chi connectivity index (χ1) is 8.81. The molecule has 1 aliphatic rings. The Bertz CT molecular complexity index is 378. The fraction of sp³-hybridized carbons (Fsp3) is 0.571. The number of anilines is 2. The van der Waals surface area contributed by atoms with Crippen molar-refractivity contribution in [1.82, 2.24) is 0 Å². The molecule has 0 radical (unpaired) electrons. The third kappa shape index (κ3) is 3.48. The highest BCUT2D eigenvalue weighted by Crippen LogP contribution is 2.31. The van der Waals surface area contributed by atoms with Crippen LogP contribution in [0.1, 0.15) is 26.2 Å². The fourth-order valence-corrected chi connectivity index (χ4v) is 3.27. The summed E-state index contributed by atoms with van der Waals surface area (Å²) >= 11 is 2.05. The van der Waals surface area contributed by atoms with E-state index in [0.717, 1.165) is 35.3 Å². The van der Waals surface area contributed by atoms with E-state index in [9.17, 15) is 0 Å². The van der Waals surface area contributed by atoms with Crippen LogP contribution in [-0.2, 0) is 0 Å². The van der Waals surface area contributed by atoms with E-state index in [4.69, 9.17) is 10.5 Å². The number of hydrogen-bond acceptors (Lipinski definition) is 4. The highest BCUT2D eigenvalue weighted by Gasteiger charge is 2.15. The van der Waals surface area contributed by atoms with Gasteiger partial charge in [-0.1, -0.05) is 13.0 Å². The van der Waals surface area contributed by atoms with Crippen molar-refractivity contribution in [2.75, 3.05) is 30.0 Å². The third-order valence-corrected chi connectivity index (χ3v) is 4.47. The number of benzene rings is 1. The number of nitrogen functional groups attached to an aromatic ring is 1. The Morgan fingerprint density at radius 2 is 2.39 bits per heavy atom. The number of thioether (sulfide) groups is 1. The van der Waals surface area contributed by atoms with E-state index in [-0.39, 0.29) is 0 Å². The first-order valence-electron chi connectivity index (χ1n) is 6.68. The van der Waals surface area contributed by atoms with Gasteiger partial charge in [-0.2, -0.15) is 11.8 Å². The van der Waals surface area contributed by atoms with Gasteiger partial charge in [-0.15, -0.1) is 0 Å². The number of hydrogen-bond donors (Lipinski definition) is 2. The van der Waals surface area contributed by atoms with Crippen molar-refractivity contribution >= 4 is 23.1 Å². The van der Waals surface area contributed by atoms with Crippen LogP contribution in [0.3, 0.4) is 0 Å². The van der Waals surface area contributed by atoms with Gasteiger partial charge in [0, 0.05) is 11.8 Å². The highest BCUT2D eigenvalue weighted by atomic mass is 32.2. The maximum Gasteiger partial charge on any atom is 0.144 e. The molecule has 0 amide bonds. The SMILES string of the molecule is CCCOc1cccc(NCC2CCCS2)c1N. The van der Waals surface area contributed by atoms with E-state index in [1.54, 1.807) is 0 Å². The molecule has 1 atom stereocenters. The third-order valence-electron chi connectivity index (χ3n) is 3.07. The molecule has 1 aromatic rings. The molecule has 4 heteroatoms. The Kier molecular flexibility index (Phi) is 5.05. The Labute approximate surface area is 113 Å². The minimum Gasteiger partial charge on any atom is -0.491 e. The van der Waals surface area contributed by atoms with Crippen molar-refractivity contribution < 1.29 is 4.74 Å². The molecular weight excluding hydrogens is 244 g/mol. The lowest BCUT2D eigenvalue weighted by Gasteiger charge is -2.15. The van der Waals surface area contributed by atoms with Crippen molar-refractivity contribution in [3.05, 3.63) is 18.2 Å². The molecule has 0 bridgehead atoms. The van der Waals surface area contributed by atoms with Crippen LogP contribution in [0.5, 0.6) is 5.75 Å². The molecule has 1 unspecified atom stereocenters. The summed E-state index contributed by atoms with van der Waals surface area (Å²) in [6.07, 6.45) is 3.64. The second-order valence-electron chi connectivity index (χ2n) is 4.58. The average Bonchev–Trinajstić information content (AvgIpc) is 2.89. The molecule has 0 aromatic heterocycles. The summed E-state index contributed by atoms with van der Waals surface area (Å²) in [5, 5.41) is 4.17. The van der Waals surface area contributed by atoms with Gasteiger partial charge in [0.25, 0.3) is 0 Å². The number of nitrogens with two attached hydrogens (primary N) is 1. The van der Waals surface area contributed by atoms with Crippen LogP contribution >= 0.6 is 11.8 Å². The average molecular weight is 266 g/mol. The normalized spacial score (nSPS) is 18.8. The topological polar surface area (TPSA) is 47.3 Å². The van der Waals surface area contributed by atoms with E-state index >= 15 is 0 Å². The van der Waals surface area contributed by atoms with E-state index in [0.29, 0.717) is 6.61 Å². The molecule has 1 heterocycles. The molecule has 100 valence electrons. The van der Waals surface area contributed by atoms with Gasteiger partial charge in [-0.05, 0) is 37.1 Å². The van der Waals surface area contributed by atoms with E-state index < -0.39 is 0 Å². The number of rotatable bonds is 6. The number of para-hydroxylation sites is 1. The molecule has 3 nitrogen and oxygen atoms in total. The van der Waals surface area contributed by atoms with Crippen molar-refractivity contribution in [1.29, 1.82) is 0 Å². The largest absolute Gasteiger partial charge is 0.491 e. The van der Waals surface area contributed by atoms with Crippen LogP contribution < -0.4 is 15.8 Å². The van der Waals surface area contributed by atoms with Crippen LogP contribution in [0.2, 0.25) is 0 Å². The molecule has 0 aliphatic carbocycles. The van der Waals surface area contributed by atoms with Gasteiger partial charge in [0.1, 0.15) is 5.75 Å². The maximum absolute atomic E-state index is 6.11. The monoisotopic (exact) mass is 266 g/mol. The second-order valence-corrected chi connectivity index (χ2v) is 5.99. The molecule has 3 N–H and O–H groups in total. The predicted molar refractivity (Wildman–Crippen MR) is 80.6 cm³/mol. The Balaban J connectivity index is 1.94. The molecule has 1 fully saturated rings. The molecular formula is C14H22N2OS. The number of ether oxygens (including phenoxy) is 1. The molecule has 1 aliphatic heterocycles. The van der Waals surface area contributed by atoms with Crippen molar-refractivity contribution in [2.45, 2.75) is 31.4 Å². The van der Waals surface area contributed by atoms with Crippen LogP contribution in [-0.4, -0.2) is 24.2 Å². The lowest BCUT2D eigenvalue weighted by molar-refractivity contribution is 0.319. The summed E-state index contributed by atoms with van der Waals surface area (Å²) in [5.41, 5.74) is 7.84. The minimum absolute atomic E-state index is 0.714. The van der Waals surface area contributed by atoms with Gasteiger partial charge >= 0.3 is 0 Å². The lowest BCUT2D eigenvalue weighted by atomic mass is 10.2. The molecule has 1 aromatic carbocycles. The highest BCUT2D eigenvalue weighted by molar-refractivity contribution is 8.00. The van der Waals surface area contributed by atoms with Crippen molar-refractivity contribution in [3.8, 4) is 5.75 Å². The summed E-state index contributed by atoms with van der Waals surface area (Å²) in [6, 6.07) is 5.94. The van der Waals surface area contributed by atoms with Gasteiger partial charge in [-0.25, -0.2) is 0 Å². The van der Waals surface area contributed by atoms with Crippen molar-refractivity contribution in [2.24, 2.45) is 0 Å². The van der Waals surface area contributed by atoms with Crippen molar-refractivity contribution in [3.63, 3.8) is 0 Å². The lowest BCUT2D eigenvalue weighted by Crippen LogP contribution is -2.14. The maximum atomic E-state index is 6.11. The molecule has 0 spiro atoms. The molecule has 18 heavy (non-hydrogen) atoms. The Morgan fingerprint density at radius 3 is 3.11 bits per heavy atom. The zero-order chi connectivity index (χ0) is 12.8. The van der Waals surface area contributed by atoms with Gasteiger partial charge in [0.2, 0.25) is 0 Å². The van der Waals surface area contributed by atoms with Gasteiger partial charge < -0.3 is 15.8 Å². The first-order valence-corrected chi connectivity index (χ1v) is 7.73. The second kappa shape index (κ2) is 6.78. The predicted octanol–water partition coefficient (Wildman–Crippen LogP) is 3.37. The summed E-state index contributed by atoms with van der Waals surface area (Å²) in [6.45, 7) is 3.80. The van der Waals surface area contributed by atoms with Gasteiger partial charge in [-0.3, -0.25) is 0 Å². The fourth-order valence-electron chi connectivity index (χ4n) is 2.07. The summed E-state index contributed by atoms with van der Waals surface area (Å²) in [7, 11) is 0. The summed E-state index contributed by atoms with van der Waals surface area (Å²) in [4.78, 5) is 0. The zero-order valence-corrected chi connectivity index (χ0v) is 11.8. The van der Waals surface area contributed by atoms with Crippen LogP contribution in [0.15, 0.2) is 18.2 Å².